The van der Waals surface area contributed by atoms with Gasteiger partial charge in [0.2, 0.25) is 0 Å². The Balaban J connectivity index is 1.84. The number of nitrogens with one attached hydrogen (secondary N) is 1. The fourth-order valence-electron chi connectivity index (χ4n) is 2.55. The second-order valence-electron chi connectivity index (χ2n) is 5.76. The van der Waals surface area contributed by atoms with Gasteiger partial charge in [0.1, 0.15) is 12.4 Å². The molecule has 24 heavy (non-hydrogen) atoms. The molecule has 1 heterocycles. The third kappa shape index (κ3) is 4.50. The van der Waals surface area contributed by atoms with E-state index in [9.17, 15) is 0 Å². The fourth-order valence-corrected chi connectivity index (χ4v) is 2.55. The summed E-state index contributed by atoms with van der Waals surface area (Å²) < 4.78 is 7.65. The molecule has 0 atom stereocenters. The molecule has 2 rings (SSSR count). The van der Waals surface area contributed by atoms with Gasteiger partial charge in [0.15, 0.2) is 5.96 Å². The Morgan fingerprint density at radius 1 is 1.29 bits per heavy atom. The van der Waals surface area contributed by atoms with Gasteiger partial charge in [-0.05, 0) is 26.0 Å². The molecule has 0 aliphatic carbocycles. The minimum atomic E-state index is 0.603. The number of para-hydroxylation sites is 1. The van der Waals surface area contributed by atoms with Crippen LogP contribution >= 0.6 is 0 Å². The van der Waals surface area contributed by atoms with E-state index >= 15 is 0 Å². The minimum Gasteiger partial charge on any atom is -0.492 e. The van der Waals surface area contributed by atoms with Crippen LogP contribution in [0.5, 0.6) is 5.75 Å². The Bertz CT molecular complexity index is 678. The number of aliphatic imine (C=N–C) groups is 1. The number of rotatable bonds is 6. The molecule has 0 saturated heterocycles. The van der Waals surface area contributed by atoms with Crippen LogP contribution in [-0.2, 0) is 13.6 Å². The summed E-state index contributed by atoms with van der Waals surface area (Å²) in [6, 6.07) is 9.84. The Morgan fingerprint density at radius 2 is 2.00 bits per heavy atom. The number of nitrogens with zero attached hydrogens (tertiary/aromatic N) is 4. The molecule has 130 valence electrons. The zero-order chi connectivity index (χ0) is 17.5. The third-order valence-electron chi connectivity index (χ3n) is 4.09. The van der Waals surface area contributed by atoms with Gasteiger partial charge in [-0.15, -0.1) is 0 Å². The maximum Gasteiger partial charge on any atom is 0.193 e. The molecule has 0 amide bonds. The molecule has 1 aromatic carbocycles. The average Bonchev–Trinajstić information content (AvgIpc) is 2.82. The number of ether oxygens (including phenoxy) is 1. The van der Waals surface area contributed by atoms with Crippen molar-refractivity contribution in [2.45, 2.75) is 20.4 Å². The van der Waals surface area contributed by atoms with Crippen molar-refractivity contribution in [3.8, 4) is 5.75 Å². The lowest BCUT2D eigenvalue weighted by molar-refractivity contribution is 0.281. The highest BCUT2D eigenvalue weighted by atomic mass is 16.5. The van der Waals surface area contributed by atoms with Gasteiger partial charge in [0, 0.05) is 38.9 Å². The lowest BCUT2D eigenvalue weighted by atomic mass is 10.2. The molecule has 0 radical (unpaired) electrons. The normalized spacial score (nSPS) is 11.5. The molecule has 6 heteroatoms. The lowest BCUT2D eigenvalue weighted by Crippen LogP contribution is -2.40. The van der Waals surface area contributed by atoms with Gasteiger partial charge in [0.05, 0.1) is 12.2 Å². The van der Waals surface area contributed by atoms with Gasteiger partial charge in [0.25, 0.3) is 0 Å². The van der Waals surface area contributed by atoms with E-state index in [-0.39, 0.29) is 0 Å². The first kappa shape index (κ1) is 17.8. The zero-order valence-corrected chi connectivity index (χ0v) is 15.2. The summed E-state index contributed by atoms with van der Waals surface area (Å²) in [5.41, 5.74) is 3.44. The highest BCUT2D eigenvalue weighted by Gasteiger charge is 2.11. The first-order chi connectivity index (χ1) is 11.5. The van der Waals surface area contributed by atoms with Crippen LogP contribution in [0, 0.1) is 13.8 Å². The largest absolute Gasteiger partial charge is 0.492 e. The standard InChI is InChI=1S/C18H27N5O/c1-14-17(15(2)23(5)21-14)13-20-18(19-3)22(4)11-12-24-16-9-7-6-8-10-16/h6-10H,11-13H2,1-5H3,(H,19,20). The van der Waals surface area contributed by atoms with Crippen molar-refractivity contribution in [2.75, 3.05) is 27.2 Å². The number of hydrogen-bond acceptors (Lipinski definition) is 3. The Kier molecular flexibility index (Phi) is 6.23. The summed E-state index contributed by atoms with van der Waals surface area (Å²) in [6.07, 6.45) is 0. The van der Waals surface area contributed by atoms with Crippen LogP contribution < -0.4 is 10.1 Å². The van der Waals surface area contributed by atoms with Crippen molar-refractivity contribution in [1.29, 1.82) is 0 Å². The third-order valence-corrected chi connectivity index (χ3v) is 4.09. The smallest absolute Gasteiger partial charge is 0.193 e. The molecule has 0 aliphatic rings. The minimum absolute atomic E-state index is 0.603. The Morgan fingerprint density at radius 3 is 2.58 bits per heavy atom. The quantitative estimate of drug-likeness (QED) is 0.651. The van der Waals surface area contributed by atoms with Crippen molar-refractivity contribution < 1.29 is 4.74 Å². The van der Waals surface area contributed by atoms with Crippen molar-refractivity contribution in [3.05, 3.63) is 47.3 Å². The predicted molar refractivity (Wildman–Crippen MR) is 97.4 cm³/mol. The van der Waals surface area contributed by atoms with E-state index in [1.54, 1.807) is 7.05 Å². The molecule has 0 saturated carbocycles. The number of guanidine groups is 1. The van der Waals surface area contributed by atoms with E-state index < -0.39 is 0 Å². The van der Waals surface area contributed by atoms with Gasteiger partial charge in [-0.3, -0.25) is 9.67 Å². The molecule has 0 fully saturated rings. The summed E-state index contributed by atoms with van der Waals surface area (Å²) in [7, 11) is 5.76. The number of benzene rings is 1. The van der Waals surface area contributed by atoms with E-state index in [0.29, 0.717) is 13.2 Å². The van der Waals surface area contributed by atoms with Crippen LogP contribution in [0.25, 0.3) is 0 Å². The number of aromatic nitrogens is 2. The predicted octanol–water partition coefficient (Wildman–Crippen LogP) is 2.12. The van der Waals surface area contributed by atoms with Crippen LogP contribution in [0.2, 0.25) is 0 Å². The number of likely N-dealkylation sites (N-methyl/N-ethyl adjacent to an activating group) is 1. The van der Waals surface area contributed by atoms with E-state index in [2.05, 4.69) is 27.2 Å². The summed E-state index contributed by atoms with van der Waals surface area (Å²) in [5, 5.41) is 7.84. The van der Waals surface area contributed by atoms with Crippen LogP contribution in [0.4, 0.5) is 0 Å². The SMILES string of the molecule is CN=C(NCc1c(C)nn(C)c1C)N(C)CCOc1ccccc1. The highest BCUT2D eigenvalue weighted by molar-refractivity contribution is 5.79. The van der Waals surface area contributed by atoms with Crippen molar-refractivity contribution >= 4 is 5.96 Å². The molecule has 2 aromatic rings. The lowest BCUT2D eigenvalue weighted by Gasteiger charge is -2.22. The van der Waals surface area contributed by atoms with Gasteiger partial charge < -0.3 is 15.0 Å². The Labute approximate surface area is 144 Å². The summed E-state index contributed by atoms with van der Waals surface area (Å²) >= 11 is 0. The van der Waals surface area contributed by atoms with Crippen molar-refractivity contribution in [2.24, 2.45) is 12.0 Å². The van der Waals surface area contributed by atoms with Gasteiger partial charge in [-0.25, -0.2) is 0 Å². The summed E-state index contributed by atoms with van der Waals surface area (Å²) in [4.78, 5) is 6.40. The van der Waals surface area contributed by atoms with E-state index in [0.717, 1.165) is 23.9 Å². The van der Waals surface area contributed by atoms with Crippen LogP contribution in [-0.4, -0.2) is 47.9 Å². The first-order valence-corrected chi connectivity index (χ1v) is 8.11. The van der Waals surface area contributed by atoms with E-state index in [1.807, 2.05) is 56.0 Å². The topological polar surface area (TPSA) is 54.7 Å². The van der Waals surface area contributed by atoms with Crippen LogP contribution in [0.3, 0.4) is 0 Å². The fraction of sp³-hybridized carbons (Fsp3) is 0.444. The second kappa shape index (κ2) is 8.38. The molecular weight excluding hydrogens is 302 g/mol. The maximum atomic E-state index is 5.74. The second-order valence-corrected chi connectivity index (χ2v) is 5.76. The summed E-state index contributed by atoms with van der Waals surface area (Å²) in [6.45, 7) is 6.18. The molecule has 0 spiro atoms. The zero-order valence-electron chi connectivity index (χ0n) is 15.2. The summed E-state index contributed by atoms with van der Waals surface area (Å²) in [5.74, 6) is 1.73. The highest BCUT2D eigenvalue weighted by Crippen LogP contribution is 2.11. The molecule has 0 aliphatic heterocycles. The molecule has 0 bridgehead atoms. The molecule has 0 unspecified atom stereocenters. The molecule has 6 nitrogen and oxygen atoms in total. The van der Waals surface area contributed by atoms with E-state index in [1.165, 1.54) is 11.3 Å². The molecule has 1 N–H and O–H groups in total. The van der Waals surface area contributed by atoms with Crippen molar-refractivity contribution in [3.63, 3.8) is 0 Å². The maximum absolute atomic E-state index is 5.74. The monoisotopic (exact) mass is 329 g/mol. The Hall–Kier alpha value is -2.50. The van der Waals surface area contributed by atoms with Gasteiger partial charge in [-0.2, -0.15) is 5.10 Å². The first-order valence-electron chi connectivity index (χ1n) is 8.11. The average molecular weight is 329 g/mol. The molecule has 1 aromatic heterocycles. The number of hydrogen-bond donors (Lipinski definition) is 1. The van der Waals surface area contributed by atoms with Gasteiger partial charge >= 0.3 is 0 Å². The van der Waals surface area contributed by atoms with Crippen LogP contribution in [0.15, 0.2) is 35.3 Å². The molecular formula is C18H27N5O. The van der Waals surface area contributed by atoms with Crippen molar-refractivity contribution in [1.82, 2.24) is 20.0 Å². The number of aryl methyl sites for hydroxylation is 2. The van der Waals surface area contributed by atoms with Crippen LogP contribution in [0.1, 0.15) is 17.0 Å². The van der Waals surface area contributed by atoms with Gasteiger partial charge in [-0.1, -0.05) is 18.2 Å². The van der Waals surface area contributed by atoms with E-state index in [4.69, 9.17) is 4.74 Å².